The Morgan fingerprint density at radius 3 is 2.40 bits per heavy atom. The zero-order valence-corrected chi connectivity index (χ0v) is 9.68. The molecule has 0 atom stereocenters. The van der Waals surface area contributed by atoms with Gasteiger partial charge in [-0.2, -0.15) is 0 Å². The van der Waals surface area contributed by atoms with Crippen LogP contribution >= 0.6 is 34.8 Å². The van der Waals surface area contributed by atoms with Gasteiger partial charge in [-0.15, -0.1) is 10.2 Å². The minimum atomic E-state index is 0.197. The van der Waals surface area contributed by atoms with E-state index in [1.54, 1.807) is 18.2 Å². The number of aromatic nitrogens is 2. The van der Waals surface area contributed by atoms with Crippen molar-refractivity contribution in [2.24, 2.45) is 0 Å². The summed E-state index contributed by atoms with van der Waals surface area (Å²) >= 11 is 17.4. The van der Waals surface area contributed by atoms with Gasteiger partial charge in [0, 0.05) is 10.6 Å². The number of nitrogens with zero attached hydrogens (tertiary/aromatic N) is 2. The van der Waals surface area contributed by atoms with E-state index in [0.29, 0.717) is 15.7 Å². The summed E-state index contributed by atoms with van der Waals surface area (Å²) in [5, 5.41) is 8.86. The van der Waals surface area contributed by atoms with Gasteiger partial charge in [-0.25, -0.2) is 0 Å². The van der Waals surface area contributed by atoms with E-state index < -0.39 is 0 Å². The Morgan fingerprint density at radius 2 is 1.73 bits per heavy atom. The molecule has 1 aromatic heterocycles. The van der Waals surface area contributed by atoms with E-state index in [2.05, 4.69) is 10.2 Å². The van der Waals surface area contributed by atoms with Gasteiger partial charge in [-0.3, -0.25) is 0 Å². The maximum atomic E-state index is 5.86. The van der Waals surface area contributed by atoms with Gasteiger partial charge in [-0.1, -0.05) is 46.9 Å². The Bertz CT molecular complexity index is 500. The predicted molar refractivity (Wildman–Crippen MR) is 62.5 cm³/mol. The molecule has 2 aromatic rings. The van der Waals surface area contributed by atoms with Crippen LogP contribution in [0.25, 0.3) is 11.3 Å². The van der Waals surface area contributed by atoms with Gasteiger partial charge in [0.1, 0.15) is 0 Å². The number of hydrogen-bond donors (Lipinski definition) is 0. The molecule has 0 saturated carbocycles. The Labute approximate surface area is 102 Å². The monoisotopic (exact) mass is 258 g/mol. The van der Waals surface area contributed by atoms with Crippen LogP contribution in [0.4, 0.5) is 0 Å². The summed E-state index contributed by atoms with van der Waals surface area (Å²) in [6.07, 6.45) is 0. The quantitative estimate of drug-likeness (QED) is 0.770. The normalized spacial score (nSPS) is 10.3. The van der Waals surface area contributed by atoms with Gasteiger partial charge in [0.2, 0.25) is 0 Å². The van der Waals surface area contributed by atoms with Crippen molar-refractivity contribution in [2.45, 2.75) is 0 Å². The van der Waals surface area contributed by atoms with Crippen LogP contribution in [0, 0.1) is 0 Å². The second-order valence-corrected chi connectivity index (χ2v) is 4.08. The van der Waals surface area contributed by atoms with Gasteiger partial charge < -0.3 is 0 Å². The van der Waals surface area contributed by atoms with Gasteiger partial charge >= 0.3 is 0 Å². The summed E-state index contributed by atoms with van der Waals surface area (Å²) < 4.78 is 0. The lowest BCUT2D eigenvalue weighted by Gasteiger charge is -2.01. The van der Waals surface area contributed by atoms with Crippen LogP contribution in [0.2, 0.25) is 15.2 Å². The molecule has 0 bridgehead atoms. The van der Waals surface area contributed by atoms with Crippen molar-refractivity contribution in [2.75, 3.05) is 0 Å². The Hall–Kier alpha value is -0.830. The van der Waals surface area contributed by atoms with Crippen molar-refractivity contribution in [3.8, 4) is 11.3 Å². The van der Waals surface area contributed by atoms with Gasteiger partial charge in [0.25, 0.3) is 0 Å². The van der Waals surface area contributed by atoms with Crippen molar-refractivity contribution < 1.29 is 0 Å². The molecule has 0 fully saturated rings. The second-order valence-electron chi connectivity index (χ2n) is 2.88. The highest BCUT2D eigenvalue weighted by Crippen LogP contribution is 2.25. The molecule has 0 amide bonds. The summed E-state index contributed by atoms with van der Waals surface area (Å²) in [4.78, 5) is 0. The van der Waals surface area contributed by atoms with Crippen molar-refractivity contribution in [3.05, 3.63) is 45.5 Å². The fraction of sp³-hybridized carbons (Fsp3) is 0. The maximum absolute atomic E-state index is 5.86. The molecule has 15 heavy (non-hydrogen) atoms. The van der Waals surface area contributed by atoms with Crippen LogP contribution in [0.15, 0.2) is 30.3 Å². The first-order valence-corrected chi connectivity index (χ1v) is 5.25. The number of halogens is 3. The number of benzene rings is 1. The van der Waals surface area contributed by atoms with Gasteiger partial charge in [0.05, 0.1) is 10.7 Å². The number of rotatable bonds is 1. The van der Waals surface area contributed by atoms with E-state index in [9.17, 15) is 0 Å². The third-order valence-electron chi connectivity index (χ3n) is 1.83. The van der Waals surface area contributed by atoms with E-state index in [1.807, 2.05) is 12.1 Å². The molecule has 0 aliphatic carbocycles. The van der Waals surface area contributed by atoms with Crippen LogP contribution < -0.4 is 0 Å². The fourth-order valence-electron chi connectivity index (χ4n) is 1.14. The third-order valence-corrected chi connectivity index (χ3v) is 2.73. The predicted octanol–water partition coefficient (Wildman–Crippen LogP) is 4.10. The molecule has 0 unspecified atom stereocenters. The minimum absolute atomic E-state index is 0.197. The molecular weight excluding hydrogens is 254 g/mol. The topological polar surface area (TPSA) is 25.8 Å². The van der Waals surface area contributed by atoms with Gasteiger partial charge in [-0.05, 0) is 18.2 Å². The van der Waals surface area contributed by atoms with Crippen molar-refractivity contribution in [1.82, 2.24) is 10.2 Å². The van der Waals surface area contributed by atoms with E-state index in [-0.39, 0.29) is 5.15 Å². The summed E-state index contributed by atoms with van der Waals surface area (Å²) in [7, 11) is 0. The molecule has 0 radical (unpaired) electrons. The van der Waals surface area contributed by atoms with Crippen LogP contribution in [0.5, 0.6) is 0 Å². The molecule has 5 heteroatoms. The highest BCUT2D eigenvalue weighted by atomic mass is 35.5. The molecule has 0 spiro atoms. The first-order chi connectivity index (χ1) is 7.16. The molecule has 0 aliphatic rings. The molecule has 0 aliphatic heterocycles. The lowest BCUT2D eigenvalue weighted by molar-refractivity contribution is 1.04. The number of hydrogen-bond acceptors (Lipinski definition) is 2. The highest BCUT2D eigenvalue weighted by Gasteiger charge is 2.05. The summed E-state index contributed by atoms with van der Waals surface area (Å²) in [6.45, 7) is 0. The zero-order valence-electron chi connectivity index (χ0n) is 7.42. The summed E-state index contributed by atoms with van der Waals surface area (Å²) in [5.41, 5.74) is 1.50. The molecule has 0 N–H and O–H groups in total. The Kier molecular flexibility index (Phi) is 3.10. The van der Waals surface area contributed by atoms with Crippen LogP contribution in [-0.2, 0) is 0 Å². The third kappa shape index (κ3) is 2.40. The van der Waals surface area contributed by atoms with Crippen molar-refractivity contribution >= 4 is 34.8 Å². The van der Waals surface area contributed by atoms with E-state index in [4.69, 9.17) is 34.8 Å². The zero-order chi connectivity index (χ0) is 10.8. The second kappa shape index (κ2) is 4.35. The van der Waals surface area contributed by atoms with Crippen LogP contribution in [-0.4, -0.2) is 10.2 Å². The molecule has 1 heterocycles. The van der Waals surface area contributed by atoms with Crippen LogP contribution in [0.1, 0.15) is 0 Å². The Balaban J connectivity index is 2.50. The van der Waals surface area contributed by atoms with Crippen LogP contribution in [0.3, 0.4) is 0 Å². The first-order valence-electron chi connectivity index (χ1n) is 4.11. The maximum Gasteiger partial charge on any atom is 0.170 e. The van der Waals surface area contributed by atoms with E-state index >= 15 is 0 Å². The molecule has 0 saturated heterocycles. The lowest BCUT2D eigenvalue weighted by atomic mass is 10.1. The SMILES string of the molecule is Clc1cccc(-c2cc(Cl)c(Cl)nn2)c1. The molecule has 2 nitrogen and oxygen atoms in total. The molecular formula is C10H5Cl3N2. The molecule has 76 valence electrons. The van der Waals surface area contributed by atoms with Crippen molar-refractivity contribution in [1.29, 1.82) is 0 Å². The molecule has 2 rings (SSSR count). The lowest BCUT2D eigenvalue weighted by Crippen LogP contribution is -1.88. The van der Waals surface area contributed by atoms with Crippen molar-refractivity contribution in [3.63, 3.8) is 0 Å². The highest BCUT2D eigenvalue weighted by molar-refractivity contribution is 6.41. The van der Waals surface area contributed by atoms with E-state index in [1.165, 1.54) is 0 Å². The largest absolute Gasteiger partial charge is 0.170 e. The minimum Gasteiger partial charge on any atom is -0.149 e. The van der Waals surface area contributed by atoms with E-state index in [0.717, 1.165) is 5.56 Å². The Morgan fingerprint density at radius 1 is 0.933 bits per heavy atom. The smallest absolute Gasteiger partial charge is 0.149 e. The molecule has 1 aromatic carbocycles. The summed E-state index contributed by atoms with van der Waals surface area (Å²) in [6, 6.07) is 8.94. The average Bonchev–Trinajstić information content (AvgIpc) is 2.22. The van der Waals surface area contributed by atoms with Gasteiger partial charge in [0.15, 0.2) is 5.15 Å². The fourth-order valence-corrected chi connectivity index (χ4v) is 1.57. The first kappa shape index (κ1) is 10.7. The average molecular weight is 260 g/mol. The standard InChI is InChI=1S/C10H5Cl3N2/c11-7-3-1-2-6(4-7)9-5-8(12)10(13)15-14-9/h1-5H. The summed E-state index contributed by atoms with van der Waals surface area (Å²) in [5.74, 6) is 0.